The maximum absolute atomic E-state index is 11.7. The maximum atomic E-state index is 11.7. The van der Waals surface area contributed by atoms with Crippen molar-refractivity contribution in [3.63, 3.8) is 0 Å². The standard InChI is InChI=1S/C12H18N2O2/c1-5-16-10-7-6-9(8-13-10)11(15)14-12(2,3)4/h6-8H,5H2,1-4H3,(H,14,15). The van der Waals surface area contributed by atoms with Gasteiger partial charge in [-0.05, 0) is 33.8 Å². The fraction of sp³-hybridized carbons (Fsp3) is 0.500. The number of nitrogens with zero attached hydrogens (tertiary/aromatic N) is 1. The first-order valence-electron chi connectivity index (χ1n) is 5.34. The third kappa shape index (κ3) is 3.88. The van der Waals surface area contributed by atoms with Crippen LogP contribution in [0.5, 0.6) is 5.88 Å². The second kappa shape index (κ2) is 4.96. The van der Waals surface area contributed by atoms with Crippen LogP contribution < -0.4 is 10.1 Å². The topological polar surface area (TPSA) is 51.2 Å². The van der Waals surface area contributed by atoms with Crippen molar-refractivity contribution in [1.29, 1.82) is 0 Å². The van der Waals surface area contributed by atoms with Gasteiger partial charge in [-0.2, -0.15) is 0 Å². The Kier molecular flexibility index (Phi) is 3.88. The molecule has 1 amide bonds. The summed E-state index contributed by atoms with van der Waals surface area (Å²) in [4.78, 5) is 15.8. The molecule has 0 aromatic carbocycles. The van der Waals surface area contributed by atoms with Gasteiger partial charge in [-0.25, -0.2) is 4.98 Å². The molecule has 1 aromatic rings. The van der Waals surface area contributed by atoms with Gasteiger partial charge in [0.15, 0.2) is 0 Å². The number of rotatable bonds is 3. The molecule has 1 N–H and O–H groups in total. The van der Waals surface area contributed by atoms with Gasteiger partial charge >= 0.3 is 0 Å². The summed E-state index contributed by atoms with van der Waals surface area (Å²) in [5.41, 5.74) is 0.300. The number of amides is 1. The lowest BCUT2D eigenvalue weighted by molar-refractivity contribution is 0.0919. The highest BCUT2D eigenvalue weighted by molar-refractivity contribution is 5.94. The van der Waals surface area contributed by atoms with Gasteiger partial charge in [0.05, 0.1) is 12.2 Å². The van der Waals surface area contributed by atoms with Gasteiger partial charge in [-0.15, -0.1) is 0 Å². The Balaban J connectivity index is 2.70. The van der Waals surface area contributed by atoms with E-state index < -0.39 is 0 Å². The normalized spacial score (nSPS) is 11.0. The lowest BCUT2D eigenvalue weighted by Gasteiger charge is -2.20. The van der Waals surface area contributed by atoms with Crippen LogP contribution in [0.4, 0.5) is 0 Å². The molecule has 4 heteroatoms. The summed E-state index contributed by atoms with van der Waals surface area (Å²) in [5, 5.41) is 2.87. The Morgan fingerprint density at radius 2 is 2.12 bits per heavy atom. The lowest BCUT2D eigenvalue weighted by Crippen LogP contribution is -2.40. The van der Waals surface area contributed by atoms with Gasteiger partial charge in [0.1, 0.15) is 0 Å². The molecule has 16 heavy (non-hydrogen) atoms. The Morgan fingerprint density at radius 3 is 2.56 bits per heavy atom. The summed E-state index contributed by atoms with van der Waals surface area (Å²) >= 11 is 0. The van der Waals surface area contributed by atoms with E-state index in [4.69, 9.17) is 4.74 Å². The molecular weight excluding hydrogens is 204 g/mol. The van der Waals surface area contributed by atoms with Crippen LogP contribution in [0.1, 0.15) is 38.1 Å². The van der Waals surface area contributed by atoms with Crippen LogP contribution in [-0.4, -0.2) is 23.0 Å². The van der Waals surface area contributed by atoms with Crippen molar-refractivity contribution in [3.05, 3.63) is 23.9 Å². The van der Waals surface area contributed by atoms with E-state index in [1.165, 1.54) is 6.20 Å². The van der Waals surface area contributed by atoms with E-state index in [9.17, 15) is 4.79 Å². The molecule has 0 bridgehead atoms. The Bertz CT molecular complexity index is 352. The van der Waals surface area contributed by atoms with E-state index >= 15 is 0 Å². The highest BCUT2D eigenvalue weighted by Crippen LogP contribution is 2.09. The molecule has 0 radical (unpaired) electrons. The quantitative estimate of drug-likeness (QED) is 0.851. The number of ether oxygens (including phenoxy) is 1. The van der Waals surface area contributed by atoms with Crippen LogP contribution in [-0.2, 0) is 0 Å². The van der Waals surface area contributed by atoms with Crippen molar-refractivity contribution in [1.82, 2.24) is 10.3 Å². The summed E-state index contributed by atoms with van der Waals surface area (Å²) in [6.45, 7) is 8.27. The summed E-state index contributed by atoms with van der Waals surface area (Å²) in [7, 11) is 0. The van der Waals surface area contributed by atoms with Gasteiger partial charge in [0, 0.05) is 17.8 Å². The second-order valence-corrected chi connectivity index (χ2v) is 4.52. The number of hydrogen-bond donors (Lipinski definition) is 1. The van der Waals surface area contributed by atoms with Crippen LogP contribution in [0, 0.1) is 0 Å². The van der Waals surface area contributed by atoms with E-state index in [0.29, 0.717) is 18.1 Å². The van der Waals surface area contributed by atoms with Crippen molar-refractivity contribution >= 4 is 5.91 Å². The van der Waals surface area contributed by atoms with Crippen LogP contribution in [0.2, 0.25) is 0 Å². The Hall–Kier alpha value is -1.58. The molecule has 4 nitrogen and oxygen atoms in total. The van der Waals surface area contributed by atoms with Crippen molar-refractivity contribution in [2.24, 2.45) is 0 Å². The average molecular weight is 222 g/mol. The first-order chi connectivity index (χ1) is 7.42. The van der Waals surface area contributed by atoms with Crippen molar-refractivity contribution in [2.75, 3.05) is 6.61 Å². The molecule has 0 aliphatic carbocycles. The summed E-state index contributed by atoms with van der Waals surface area (Å²) in [6.07, 6.45) is 1.52. The van der Waals surface area contributed by atoms with Crippen molar-refractivity contribution in [3.8, 4) is 5.88 Å². The first kappa shape index (κ1) is 12.5. The fourth-order valence-corrected chi connectivity index (χ4v) is 1.16. The number of hydrogen-bond acceptors (Lipinski definition) is 3. The largest absolute Gasteiger partial charge is 0.478 e. The third-order valence-corrected chi connectivity index (χ3v) is 1.78. The van der Waals surface area contributed by atoms with Crippen LogP contribution in [0.25, 0.3) is 0 Å². The summed E-state index contributed by atoms with van der Waals surface area (Å²) < 4.78 is 5.20. The van der Waals surface area contributed by atoms with Gasteiger partial charge in [0.25, 0.3) is 5.91 Å². The molecule has 0 unspecified atom stereocenters. The zero-order valence-electron chi connectivity index (χ0n) is 10.2. The molecule has 88 valence electrons. The predicted octanol–water partition coefficient (Wildman–Crippen LogP) is 2.01. The van der Waals surface area contributed by atoms with E-state index in [1.54, 1.807) is 12.1 Å². The monoisotopic (exact) mass is 222 g/mol. The lowest BCUT2D eigenvalue weighted by atomic mass is 10.1. The summed E-state index contributed by atoms with van der Waals surface area (Å²) in [5.74, 6) is 0.415. The maximum Gasteiger partial charge on any atom is 0.253 e. The van der Waals surface area contributed by atoms with E-state index in [1.807, 2.05) is 27.7 Å². The number of carbonyl (C=O) groups is 1. The highest BCUT2D eigenvalue weighted by Gasteiger charge is 2.15. The Labute approximate surface area is 96.0 Å². The SMILES string of the molecule is CCOc1ccc(C(=O)NC(C)(C)C)cn1. The zero-order chi connectivity index (χ0) is 12.2. The zero-order valence-corrected chi connectivity index (χ0v) is 10.2. The molecule has 0 saturated heterocycles. The first-order valence-corrected chi connectivity index (χ1v) is 5.34. The minimum atomic E-state index is -0.240. The molecule has 0 aliphatic rings. The van der Waals surface area contributed by atoms with E-state index in [0.717, 1.165) is 0 Å². The molecule has 0 spiro atoms. The molecular formula is C12H18N2O2. The number of pyridine rings is 1. The molecule has 1 heterocycles. The second-order valence-electron chi connectivity index (χ2n) is 4.52. The van der Waals surface area contributed by atoms with E-state index in [-0.39, 0.29) is 11.4 Å². The smallest absolute Gasteiger partial charge is 0.253 e. The van der Waals surface area contributed by atoms with Gasteiger partial charge in [-0.1, -0.05) is 0 Å². The van der Waals surface area contributed by atoms with Crippen molar-refractivity contribution < 1.29 is 9.53 Å². The van der Waals surface area contributed by atoms with Crippen LogP contribution in [0.15, 0.2) is 18.3 Å². The molecule has 0 aliphatic heterocycles. The number of aromatic nitrogens is 1. The van der Waals surface area contributed by atoms with Gasteiger partial charge in [0.2, 0.25) is 5.88 Å². The van der Waals surface area contributed by atoms with Gasteiger partial charge in [-0.3, -0.25) is 4.79 Å². The number of nitrogens with one attached hydrogen (secondary N) is 1. The summed E-state index contributed by atoms with van der Waals surface area (Å²) in [6, 6.07) is 3.40. The van der Waals surface area contributed by atoms with Gasteiger partial charge < -0.3 is 10.1 Å². The molecule has 0 fully saturated rings. The molecule has 0 saturated carbocycles. The predicted molar refractivity (Wildman–Crippen MR) is 62.6 cm³/mol. The molecule has 1 rings (SSSR count). The minimum absolute atomic E-state index is 0.122. The Morgan fingerprint density at radius 1 is 1.44 bits per heavy atom. The van der Waals surface area contributed by atoms with Crippen LogP contribution in [0.3, 0.4) is 0 Å². The number of carbonyl (C=O) groups excluding carboxylic acids is 1. The molecule has 1 aromatic heterocycles. The minimum Gasteiger partial charge on any atom is -0.478 e. The van der Waals surface area contributed by atoms with Crippen LogP contribution >= 0.6 is 0 Å². The van der Waals surface area contributed by atoms with E-state index in [2.05, 4.69) is 10.3 Å². The highest BCUT2D eigenvalue weighted by atomic mass is 16.5. The fourth-order valence-electron chi connectivity index (χ4n) is 1.16. The average Bonchev–Trinajstić information content (AvgIpc) is 2.16. The van der Waals surface area contributed by atoms with Crippen molar-refractivity contribution in [2.45, 2.75) is 33.2 Å². The third-order valence-electron chi connectivity index (χ3n) is 1.78. The molecule has 0 atom stereocenters.